The number of nitrogens with one attached hydrogen (secondary N) is 1. The highest BCUT2D eigenvalue weighted by atomic mass is 15.1. The van der Waals surface area contributed by atoms with Crippen LogP contribution in [0.3, 0.4) is 0 Å². The first-order valence-electron chi connectivity index (χ1n) is 5.80. The Kier molecular flexibility index (Phi) is 2.57. The average molecular weight is 235 g/mol. The number of benzene rings is 2. The van der Waals surface area contributed by atoms with Gasteiger partial charge in [0.05, 0.1) is 11.2 Å². The molecule has 1 heterocycles. The molecule has 0 aliphatic carbocycles. The SMILES string of the molecule is Nc1ccccc1C=Cc1n[nH]c2ccccc12. The molecule has 0 saturated carbocycles. The van der Waals surface area contributed by atoms with Gasteiger partial charge in [0.15, 0.2) is 0 Å². The van der Waals surface area contributed by atoms with E-state index >= 15 is 0 Å². The van der Waals surface area contributed by atoms with Gasteiger partial charge in [0.2, 0.25) is 0 Å². The number of para-hydroxylation sites is 2. The summed E-state index contributed by atoms with van der Waals surface area (Å²) in [6.07, 6.45) is 3.96. The standard InChI is InChI=1S/C15H13N3/c16-13-7-3-1-5-11(13)9-10-15-12-6-2-4-8-14(12)17-18-15/h1-10H,16H2,(H,17,18). The lowest BCUT2D eigenvalue weighted by Crippen LogP contribution is -1.87. The summed E-state index contributed by atoms with van der Waals surface area (Å²) in [4.78, 5) is 0. The average Bonchev–Trinajstić information content (AvgIpc) is 2.81. The number of nitrogens with two attached hydrogens (primary N) is 1. The molecule has 3 N–H and O–H groups in total. The highest BCUT2D eigenvalue weighted by molar-refractivity contribution is 5.89. The monoisotopic (exact) mass is 235 g/mol. The van der Waals surface area contributed by atoms with E-state index in [1.165, 1.54) is 0 Å². The fourth-order valence-corrected chi connectivity index (χ4v) is 1.94. The maximum Gasteiger partial charge on any atom is 0.0927 e. The fraction of sp³-hybridized carbons (Fsp3) is 0. The van der Waals surface area contributed by atoms with Crippen molar-refractivity contribution in [2.45, 2.75) is 0 Å². The van der Waals surface area contributed by atoms with Crippen LogP contribution in [0.25, 0.3) is 23.1 Å². The van der Waals surface area contributed by atoms with Crippen LogP contribution in [0.1, 0.15) is 11.3 Å². The molecule has 0 unspecified atom stereocenters. The molecule has 0 bridgehead atoms. The van der Waals surface area contributed by atoms with E-state index in [1.807, 2.05) is 60.7 Å². The van der Waals surface area contributed by atoms with Gasteiger partial charge >= 0.3 is 0 Å². The number of fused-ring (bicyclic) bond motifs is 1. The number of rotatable bonds is 2. The van der Waals surface area contributed by atoms with Crippen LogP contribution in [-0.4, -0.2) is 10.2 Å². The normalized spacial score (nSPS) is 11.3. The molecule has 0 aliphatic heterocycles. The van der Waals surface area contributed by atoms with E-state index in [-0.39, 0.29) is 0 Å². The van der Waals surface area contributed by atoms with Crippen LogP contribution in [-0.2, 0) is 0 Å². The fourth-order valence-electron chi connectivity index (χ4n) is 1.94. The van der Waals surface area contributed by atoms with Crippen LogP contribution in [0.2, 0.25) is 0 Å². The number of hydrogen-bond donors (Lipinski definition) is 2. The smallest absolute Gasteiger partial charge is 0.0927 e. The van der Waals surface area contributed by atoms with Crippen molar-refractivity contribution in [1.29, 1.82) is 0 Å². The Morgan fingerprint density at radius 3 is 2.61 bits per heavy atom. The van der Waals surface area contributed by atoms with Gasteiger partial charge in [0.1, 0.15) is 0 Å². The first kappa shape index (κ1) is 10.6. The second-order valence-electron chi connectivity index (χ2n) is 4.12. The lowest BCUT2D eigenvalue weighted by molar-refractivity contribution is 1.11. The van der Waals surface area contributed by atoms with Crippen LogP contribution >= 0.6 is 0 Å². The topological polar surface area (TPSA) is 54.7 Å². The van der Waals surface area contributed by atoms with E-state index in [0.29, 0.717) is 0 Å². The van der Waals surface area contributed by atoms with E-state index in [2.05, 4.69) is 10.2 Å². The Morgan fingerprint density at radius 1 is 0.944 bits per heavy atom. The summed E-state index contributed by atoms with van der Waals surface area (Å²) in [7, 11) is 0. The van der Waals surface area contributed by atoms with Crippen molar-refractivity contribution < 1.29 is 0 Å². The molecule has 3 rings (SSSR count). The van der Waals surface area contributed by atoms with Crippen LogP contribution < -0.4 is 5.73 Å². The van der Waals surface area contributed by atoms with Crippen molar-refractivity contribution in [2.75, 3.05) is 5.73 Å². The Labute approximate surface area is 105 Å². The number of nitrogen functional groups attached to an aromatic ring is 1. The molecule has 0 radical (unpaired) electrons. The van der Waals surface area contributed by atoms with Crippen LogP contribution in [0.4, 0.5) is 5.69 Å². The van der Waals surface area contributed by atoms with Gasteiger partial charge in [-0.3, -0.25) is 5.10 Å². The first-order chi connectivity index (χ1) is 8.84. The van der Waals surface area contributed by atoms with E-state index in [0.717, 1.165) is 27.8 Å². The van der Waals surface area contributed by atoms with Gasteiger partial charge in [0, 0.05) is 11.1 Å². The lowest BCUT2D eigenvalue weighted by atomic mass is 10.1. The van der Waals surface area contributed by atoms with E-state index in [1.54, 1.807) is 0 Å². The van der Waals surface area contributed by atoms with Crippen LogP contribution in [0, 0.1) is 0 Å². The second-order valence-corrected chi connectivity index (χ2v) is 4.12. The van der Waals surface area contributed by atoms with Crippen LogP contribution in [0.15, 0.2) is 48.5 Å². The summed E-state index contributed by atoms with van der Waals surface area (Å²) in [6, 6.07) is 15.8. The summed E-state index contributed by atoms with van der Waals surface area (Å²) in [5, 5.41) is 8.41. The summed E-state index contributed by atoms with van der Waals surface area (Å²) < 4.78 is 0. The van der Waals surface area contributed by atoms with Gasteiger partial charge in [-0.2, -0.15) is 5.10 Å². The molecule has 0 fully saturated rings. The summed E-state index contributed by atoms with van der Waals surface area (Å²) in [5.74, 6) is 0. The molecule has 0 amide bonds. The van der Waals surface area contributed by atoms with Crippen LogP contribution in [0.5, 0.6) is 0 Å². The molecule has 3 heteroatoms. The van der Waals surface area contributed by atoms with Crippen molar-refractivity contribution >= 4 is 28.7 Å². The molecule has 3 aromatic rings. The number of aromatic nitrogens is 2. The Morgan fingerprint density at radius 2 is 1.72 bits per heavy atom. The molecule has 0 aliphatic rings. The predicted octanol–water partition coefficient (Wildman–Crippen LogP) is 3.32. The molecule has 0 atom stereocenters. The van der Waals surface area contributed by atoms with Crippen molar-refractivity contribution in [3.63, 3.8) is 0 Å². The largest absolute Gasteiger partial charge is 0.398 e. The Balaban J connectivity index is 2.00. The molecule has 3 nitrogen and oxygen atoms in total. The minimum absolute atomic E-state index is 0.772. The van der Waals surface area contributed by atoms with Crippen molar-refractivity contribution in [2.24, 2.45) is 0 Å². The molecule has 0 saturated heterocycles. The first-order valence-corrected chi connectivity index (χ1v) is 5.80. The lowest BCUT2D eigenvalue weighted by Gasteiger charge is -1.97. The molecule has 0 spiro atoms. The predicted molar refractivity (Wildman–Crippen MR) is 75.9 cm³/mol. The Bertz CT molecular complexity index is 710. The van der Waals surface area contributed by atoms with Gasteiger partial charge in [-0.15, -0.1) is 0 Å². The van der Waals surface area contributed by atoms with Gasteiger partial charge < -0.3 is 5.73 Å². The van der Waals surface area contributed by atoms with Gasteiger partial charge in [-0.1, -0.05) is 42.5 Å². The molecule has 88 valence electrons. The van der Waals surface area contributed by atoms with Gasteiger partial charge in [-0.25, -0.2) is 0 Å². The number of H-pyrrole nitrogens is 1. The maximum absolute atomic E-state index is 5.89. The van der Waals surface area contributed by atoms with E-state index in [9.17, 15) is 0 Å². The summed E-state index contributed by atoms with van der Waals surface area (Å²) in [6.45, 7) is 0. The zero-order chi connectivity index (χ0) is 12.4. The molecule has 2 aromatic carbocycles. The van der Waals surface area contributed by atoms with E-state index < -0.39 is 0 Å². The van der Waals surface area contributed by atoms with Gasteiger partial charge in [-0.05, 0) is 23.8 Å². The third-order valence-electron chi connectivity index (χ3n) is 2.92. The zero-order valence-corrected chi connectivity index (χ0v) is 9.80. The zero-order valence-electron chi connectivity index (χ0n) is 9.80. The minimum atomic E-state index is 0.772. The number of anilines is 1. The number of nitrogens with zero attached hydrogens (tertiary/aromatic N) is 1. The highest BCUT2D eigenvalue weighted by Crippen LogP contribution is 2.19. The summed E-state index contributed by atoms with van der Waals surface area (Å²) in [5.41, 5.74) is 9.63. The van der Waals surface area contributed by atoms with Gasteiger partial charge in [0.25, 0.3) is 0 Å². The number of hydrogen-bond acceptors (Lipinski definition) is 2. The maximum atomic E-state index is 5.89. The third kappa shape index (κ3) is 1.86. The molecular formula is C15H13N3. The van der Waals surface area contributed by atoms with E-state index in [4.69, 9.17) is 5.73 Å². The summed E-state index contributed by atoms with van der Waals surface area (Å²) >= 11 is 0. The number of aromatic amines is 1. The molecule has 1 aromatic heterocycles. The third-order valence-corrected chi connectivity index (χ3v) is 2.92. The van der Waals surface area contributed by atoms with Crippen molar-refractivity contribution in [3.05, 3.63) is 59.8 Å². The Hall–Kier alpha value is -2.55. The van der Waals surface area contributed by atoms with Crippen molar-refractivity contribution in [1.82, 2.24) is 10.2 Å². The second kappa shape index (κ2) is 4.37. The quantitative estimate of drug-likeness (QED) is 0.669. The minimum Gasteiger partial charge on any atom is -0.398 e. The molecular weight excluding hydrogens is 222 g/mol. The highest BCUT2D eigenvalue weighted by Gasteiger charge is 2.00. The molecule has 18 heavy (non-hydrogen) atoms. The van der Waals surface area contributed by atoms with Crippen molar-refractivity contribution in [3.8, 4) is 0 Å².